The van der Waals surface area contributed by atoms with Crippen molar-refractivity contribution in [3.63, 3.8) is 0 Å². The lowest BCUT2D eigenvalue weighted by atomic mass is 10.0. The molecule has 0 aliphatic carbocycles. The number of hydrogen-bond acceptors (Lipinski definition) is 5. The molecule has 4 rings (SSSR count). The van der Waals surface area contributed by atoms with Crippen LogP contribution in [0.2, 0.25) is 0 Å². The first-order chi connectivity index (χ1) is 16.2. The zero-order valence-electron chi connectivity index (χ0n) is 21.7. The van der Waals surface area contributed by atoms with Gasteiger partial charge in [-0.2, -0.15) is 0 Å². The van der Waals surface area contributed by atoms with Crippen molar-refractivity contribution in [1.82, 2.24) is 15.3 Å². The van der Waals surface area contributed by atoms with Gasteiger partial charge in [0.1, 0.15) is 18.2 Å². The number of nitrogens with zero attached hydrogens (tertiary/aromatic N) is 3. The average molecular weight is 459 g/mol. The molecule has 0 unspecified atom stereocenters. The number of piperazine rings is 1. The second-order valence-corrected chi connectivity index (χ2v) is 9.97. The molecular formula is C29H38N4O. The molecule has 1 N–H and O–H groups in total. The van der Waals surface area contributed by atoms with E-state index >= 15 is 0 Å². The summed E-state index contributed by atoms with van der Waals surface area (Å²) in [4.78, 5) is 12.5. The summed E-state index contributed by atoms with van der Waals surface area (Å²) in [5, 5.41) is 3.55. The molecule has 2 aromatic carbocycles. The smallest absolute Gasteiger partial charge is 0.162 e. The van der Waals surface area contributed by atoms with Crippen LogP contribution in [0.15, 0.2) is 36.4 Å². The highest BCUT2D eigenvalue weighted by Gasteiger charge is 2.24. The molecule has 1 atom stereocenters. The lowest BCUT2D eigenvalue weighted by Crippen LogP contribution is -2.50. The number of aromatic nitrogens is 2. The molecule has 1 aliphatic rings. The fourth-order valence-corrected chi connectivity index (χ4v) is 4.70. The van der Waals surface area contributed by atoms with E-state index in [1.807, 2.05) is 0 Å². The summed E-state index contributed by atoms with van der Waals surface area (Å²) in [5.41, 5.74) is 8.00. The summed E-state index contributed by atoms with van der Waals surface area (Å²) < 4.78 is 6.42. The van der Waals surface area contributed by atoms with Crippen molar-refractivity contribution in [3.8, 4) is 17.1 Å². The third kappa shape index (κ3) is 5.10. The minimum Gasteiger partial charge on any atom is -0.488 e. The first-order valence-corrected chi connectivity index (χ1v) is 12.4. The molecule has 5 heteroatoms. The standard InChI is InChI=1S/C29H38N4O/c1-18(2)24-12-11-19(3)26(15-24)34-17-25-23(7)31-28(27-20(4)9-8-10-21(27)5)32-29(25)33-14-13-30-22(6)16-33/h8-12,15,18,22,30H,13-14,16-17H2,1-7H3/t22-/m1/s1. The van der Waals surface area contributed by atoms with E-state index in [1.165, 1.54) is 16.7 Å². The Balaban J connectivity index is 1.75. The lowest BCUT2D eigenvalue weighted by molar-refractivity contribution is 0.301. The predicted molar refractivity (Wildman–Crippen MR) is 141 cm³/mol. The van der Waals surface area contributed by atoms with Crippen LogP contribution in [-0.4, -0.2) is 35.6 Å². The number of hydrogen-bond donors (Lipinski definition) is 1. The third-order valence-electron chi connectivity index (χ3n) is 6.82. The molecule has 0 spiro atoms. The molecule has 180 valence electrons. The maximum Gasteiger partial charge on any atom is 0.162 e. The van der Waals surface area contributed by atoms with Crippen LogP contribution in [0.3, 0.4) is 0 Å². The molecule has 0 radical (unpaired) electrons. The first-order valence-electron chi connectivity index (χ1n) is 12.4. The van der Waals surface area contributed by atoms with Gasteiger partial charge in [-0.15, -0.1) is 0 Å². The summed E-state index contributed by atoms with van der Waals surface area (Å²) in [5.74, 6) is 3.19. The molecule has 0 saturated carbocycles. The summed E-state index contributed by atoms with van der Waals surface area (Å²) in [6.07, 6.45) is 0. The molecule has 0 bridgehead atoms. The number of rotatable bonds is 6. The topological polar surface area (TPSA) is 50.3 Å². The van der Waals surface area contributed by atoms with Gasteiger partial charge >= 0.3 is 0 Å². The summed E-state index contributed by atoms with van der Waals surface area (Å²) >= 11 is 0. The third-order valence-corrected chi connectivity index (χ3v) is 6.82. The van der Waals surface area contributed by atoms with Crippen LogP contribution in [0, 0.1) is 27.7 Å². The van der Waals surface area contributed by atoms with E-state index < -0.39 is 0 Å². The van der Waals surface area contributed by atoms with E-state index in [0.717, 1.165) is 59.4 Å². The van der Waals surface area contributed by atoms with Crippen molar-refractivity contribution in [2.45, 2.75) is 67.0 Å². The highest BCUT2D eigenvalue weighted by atomic mass is 16.5. The molecule has 1 fully saturated rings. The molecule has 3 aromatic rings. The zero-order chi connectivity index (χ0) is 24.4. The Labute approximate surface area is 204 Å². The average Bonchev–Trinajstić information content (AvgIpc) is 2.78. The molecular weight excluding hydrogens is 420 g/mol. The van der Waals surface area contributed by atoms with E-state index in [0.29, 0.717) is 18.6 Å². The molecule has 5 nitrogen and oxygen atoms in total. The predicted octanol–water partition coefficient (Wildman–Crippen LogP) is 5.88. The lowest BCUT2D eigenvalue weighted by Gasteiger charge is -2.34. The van der Waals surface area contributed by atoms with Gasteiger partial charge in [0.15, 0.2) is 5.82 Å². The van der Waals surface area contributed by atoms with Crippen molar-refractivity contribution >= 4 is 5.82 Å². The highest BCUT2D eigenvalue weighted by molar-refractivity contribution is 5.67. The van der Waals surface area contributed by atoms with Crippen LogP contribution in [-0.2, 0) is 6.61 Å². The number of anilines is 1. The van der Waals surface area contributed by atoms with E-state index in [2.05, 4.69) is 95.1 Å². The fraction of sp³-hybridized carbons (Fsp3) is 0.448. The Morgan fingerprint density at radius 3 is 2.44 bits per heavy atom. The van der Waals surface area contributed by atoms with E-state index in [4.69, 9.17) is 14.7 Å². The Morgan fingerprint density at radius 1 is 1.03 bits per heavy atom. The van der Waals surface area contributed by atoms with Crippen molar-refractivity contribution < 1.29 is 4.74 Å². The second-order valence-electron chi connectivity index (χ2n) is 9.97. The van der Waals surface area contributed by atoms with Crippen molar-refractivity contribution in [2.75, 3.05) is 24.5 Å². The van der Waals surface area contributed by atoms with Gasteiger partial charge < -0.3 is 15.0 Å². The van der Waals surface area contributed by atoms with Crippen molar-refractivity contribution in [1.29, 1.82) is 0 Å². The second kappa shape index (κ2) is 10.1. The van der Waals surface area contributed by atoms with Gasteiger partial charge in [0.25, 0.3) is 0 Å². The Morgan fingerprint density at radius 2 is 1.76 bits per heavy atom. The molecule has 2 heterocycles. The number of ether oxygens (including phenoxy) is 1. The molecule has 1 aliphatic heterocycles. The van der Waals surface area contributed by atoms with Crippen LogP contribution in [0.1, 0.15) is 60.2 Å². The minimum atomic E-state index is 0.409. The van der Waals surface area contributed by atoms with Gasteiger partial charge in [0.2, 0.25) is 0 Å². The molecule has 1 aromatic heterocycles. The Bertz CT molecular complexity index is 1150. The zero-order valence-corrected chi connectivity index (χ0v) is 21.7. The molecule has 0 amide bonds. The maximum atomic E-state index is 6.42. The SMILES string of the molecule is Cc1ccc(C(C)C)cc1OCc1c(C)nc(-c2c(C)cccc2C)nc1N1CCN[C@H](C)C1. The van der Waals surface area contributed by atoms with Gasteiger partial charge in [-0.3, -0.25) is 0 Å². The number of aryl methyl sites for hydroxylation is 4. The maximum absolute atomic E-state index is 6.42. The first kappa shape index (κ1) is 24.2. The molecule has 34 heavy (non-hydrogen) atoms. The Kier molecular flexibility index (Phi) is 7.22. The number of benzene rings is 2. The normalized spacial score (nSPS) is 16.2. The summed E-state index contributed by atoms with van der Waals surface area (Å²) in [6, 6.07) is 13.3. The van der Waals surface area contributed by atoms with E-state index in [1.54, 1.807) is 0 Å². The van der Waals surface area contributed by atoms with Crippen molar-refractivity contribution in [3.05, 3.63) is 69.9 Å². The monoisotopic (exact) mass is 458 g/mol. The van der Waals surface area contributed by atoms with Crippen LogP contribution in [0.25, 0.3) is 11.4 Å². The van der Waals surface area contributed by atoms with E-state index in [9.17, 15) is 0 Å². The van der Waals surface area contributed by atoms with Crippen LogP contribution < -0.4 is 15.0 Å². The van der Waals surface area contributed by atoms with Crippen LogP contribution in [0.5, 0.6) is 5.75 Å². The van der Waals surface area contributed by atoms with Crippen molar-refractivity contribution in [2.24, 2.45) is 0 Å². The van der Waals surface area contributed by atoms with Gasteiger partial charge in [0.05, 0.1) is 11.3 Å². The van der Waals surface area contributed by atoms with Gasteiger partial charge in [0, 0.05) is 31.2 Å². The number of nitrogens with one attached hydrogen (secondary N) is 1. The van der Waals surface area contributed by atoms with Crippen LogP contribution >= 0.6 is 0 Å². The highest BCUT2D eigenvalue weighted by Crippen LogP contribution is 2.31. The quantitative estimate of drug-likeness (QED) is 0.500. The van der Waals surface area contributed by atoms with Gasteiger partial charge in [-0.05, 0) is 68.9 Å². The van der Waals surface area contributed by atoms with Gasteiger partial charge in [-0.1, -0.05) is 44.2 Å². The summed E-state index contributed by atoms with van der Waals surface area (Å²) in [7, 11) is 0. The summed E-state index contributed by atoms with van der Waals surface area (Å²) in [6.45, 7) is 18.3. The Hall–Kier alpha value is -2.92. The fourth-order valence-electron chi connectivity index (χ4n) is 4.70. The largest absolute Gasteiger partial charge is 0.488 e. The molecule has 1 saturated heterocycles. The van der Waals surface area contributed by atoms with Crippen LogP contribution in [0.4, 0.5) is 5.82 Å². The minimum absolute atomic E-state index is 0.409. The van der Waals surface area contributed by atoms with Gasteiger partial charge in [-0.25, -0.2) is 9.97 Å². The van der Waals surface area contributed by atoms with E-state index in [-0.39, 0.29) is 0 Å².